The molecule has 64 heavy (non-hydrogen) atoms. The molecule has 0 fully saturated rings. The third kappa shape index (κ3) is 11.4. The smallest absolute Gasteiger partial charge is 0.270 e. The SMILES string of the molecule is O=C(Nc1nc(Cc2nnc(SCCSc3nnc(Cc4csc(NC(=O)c5ccccc5)n4)n3NC(=O)c3ccc(Cl)cc3)n2NC(=O)c2ccc(Cl)cc2)cs1)c1ccccc1. The average Bonchev–Trinajstić information content (AvgIpc) is 4.12. The standard InChI is InChI=1S/C42H32Cl2N12O4S4/c43-29-15-11-27(12-16-29)37(59)53-55-33(21-31-23-63-39(45-31)47-35(57)25-7-3-1-4-8-25)49-51-41(55)61-19-20-62-42-52-50-34(56(42)54-38(60)28-13-17-30(44)18-14-28)22-32-24-64-40(46-32)48-36(58)26-9-5-2-6-10-26/h1-18,23-24H,19-22H2,(H,53,59)(H,54,60)(H,45,47,57)(H,46,48,58). The van der Waals surface area contributed by atoms with E-state index in [0.29, 0.717) is 87.4 Å². The van der Waals surface area contributed by atoms with Gasteiger partial charge in [0.1, 0.15) is 0 Å². The average molecular weight is 968 g/mol. The number of carbonyl (C=O) groups is 4. The van der Waals surface area contributed by atoms with Crippen molar-refractivity contribution in [2.45, 2.75) is 23.2 Å². The number of anilines is 2. The number of hydrogen-bond donors (Lipinski definition) is 4. The minimum absolute atomic E-state index is 0.194. The molecule has 322 valence electrons. The second-order valence-electron chi connectivity index (χ2n) is 13.3. The summed E-state index contributed by atoms with van der Waals surface area (Å²) < 4.78 is 3.04. The van der Waals surface area contributed by atoms with E-state index in [2.05, 4.69) is 51.8 Å². The highest BCUT2D eigenvalue weighted by Gasteiger charge is 2.21. The van der Waals surface area contributed by atoms with Crippen LogP contribution in [0.15, 0.2) is 130 Å². The van der Waals surface area contributed by atoms with Crippen LogP contribution in [0.4, 0.5) is 10.3 Å². The van der Waals surface area contributed by atoms with Crippen LogP contribution < -0.4 is 21.5 Å². The van der Waals surface area contributed by atoms with E-state index in [4.69, 9.17) is 23.2 Å². The number of benzene rings is 4. The zero-order chi connectivity index (χ0) is 44.4. The molecule has 0 aliphatic heterocycles. The number of aromatic nitrogens is 8. The van der Waals surface area contributed by atoms with Crippen molar-refractivity contribution in [3.63, 3.8) is 0 Å². The van der Waals surface area contributed by atoms with E-state index in [1.54, 1.807) is 108 Å². The number of nitrogens with one attached hydrogen (secondary N) is 4. The molecule has 0 saturated heterocycles. The van der Waals surface area contributed by atoms with Crippen LogP contribution in [0.2, 0.25) is 10.0 Å². The van der Waals surface area contributed by atoms with Gasteiger partial charge in [0.15, 0.2) is 21.9 Å². The molecular weight excluding hydrogens is 936 g/mol. The Kier molecular flexibility index (Phi) is 14.4. The van der Waals surface area contributed by atoms with Crippen molar-refractivity contribution in [3.8, 4) is 0 Å². The largest absolute Gasteiger partial charge is 0.298 e. The van der Waals surface area contributed by atoms with Crippen molar-refractivity contribution in [2.75, 3.05) is 33.0 Å². The molecule has 0 unspecified atom stereocenters. The molecule has 0 saturated carbocycles. The maximum absolute atomic E-state index is 13.5. The molecule has 8 aromatic rings. The molecule has 0 atom stereocenters. The summed E-state index contributed by atoms with van der Waals surface area (Å²) in [6.07, 6.45) is 0.389. The number of nitrogens with zero attached hydrogens (tertiary/aromatic N) is 8. The zero-order valence-corrected chi connectivity index (χ0v) is 37.8. The van der Waals surface area contributed by atoms with Crippen molar-refractivity contribution in [1.29, 1.82) is 0 Å². The summed E-state index contributed by atoms with van der Waals surface area (Å²) >= 11 is 17.4. The molecule has 8 rings (SSSR count). The number of thioether (sulfide) groups is 2. The summed E-state index contributed by atoms with van der Waals surface area (Å²) in [6, 6.07) is 30.6. The first kappa shape index (κ1) is 44.2. The zero-order valence-electron chi connectivity index (χ0n) is 33.0. The van der Waals surface area contributed by atoms with Gasteiger partial charge >= 0.3 is 0 Å². The molecule has 0 aliphatic rings. The quantitative estimate of drug-likeness (QED) is 0.0502. The predicted molar refractivity (Wildman–Crippen MR) is 250 cm³/mol. The monoisotopic (exact) mass is 966 g/mol. The van der Waals surface area contributed by atoms with Gasteiger partial charge in [-0.15, -0.1) is 43.1 Å². The maximum atomic E-state index is 13.5. The van der Waals surface area contributed by atoms with Crippen LogP contribution in [0.1, 0.15) is 64.5 Å². The minimum Gasteiger partial charge on any atom is -0.298 e. The lowest BCUT2D eigenvalue weighted by Crippen LogP contribution is -2.26. The molecule has 22 heteroatoms. The molecular formula is C42H32Cl2N12O4S4. The van der Waals surface area contributed by atoms with Gasteiger partial charge in [-0.3, -0.25) is 40.7 Å². The second kappa shape index (κ2) is 20.8. The first-order valence-corrected chi connectivity index (χ1v) is 23.5. The van der Waals surface area contributed by atoms with Crippen molar-refractivity contribution >= 4 is 103 Å². The topological polar surface area (TPSA) is 204 Å². The molecule has 4 aromatic heterocycles. The molecule has 4 N–H and O–H groups in total. The van der Waals surface area contributed by atoms with Crippen molar-refractivity contribution in [2.24, 2.45) is 0 Å². The Morgan fingerprint density at radius 3 is 1.27 bits per heavy atom. The van der Waals surface area contributed by atoms with Crippen LogP contribution in [-0.4, -0.2) is 74.8 Å². The minimum atomic E-state index is -0.411. The summed E-state index contributed by atoms with van der Waals surface area (Å²) in [5.41, 5.74) is 8.78. The molecule has 4 heterocycles. The van der Waals surface area contributed by atoms with Gasteiger partial charge in [-0.1, -0.05) is 83.1 Å². The molecule has 4 aromatic carbocycles. The normalized spacial score (nSPS) is 11.0. The Morgan fingerprint density at radius 2 is 0.875 bits per heavy atom. The van der Waals surface area contributed by atoms with E-state index in [-0.39, 0.29) is 24.7 Å². The number of halogens is 2. The maximum Gasteiger partial charge on any atom is 0.270 e. The predicted octanol–water partition coefficient (Wildman–Crippen LogP) is 8.43. The Balaban J connectivity index is 0.966. The fourth-order valence-corrected chi connectivity index (χ4v) is 9.23. The Labute approximate surface area is 391 Å². The van der Waals surface area contributed by atoms with Gasteiger partial charge < -0.3 is 0 Å². The molecule has 4 amide bonds. The number of rotatable bonds is 17. The van der Waals surface area contributed by atoms with Crippen molar-refractivity contribution in [1.82, 2.24) is 39.7 Å². The fraction of sp³-hybridized carbons (Fsp3) is 0.0952. The fourth-order valence-electron chi connectivity index (χ4n) is 5.77. The van der Waals surface area contributed by atoms with Crippen LogP contribution in [-0.2, 0) is 12.8 Å². The van der Waals surface area contributed by atoms with E-state index in [1.807, 2.05) is 12.1 Å². The summed E-state index contributed by atoms with van der Waals surface area (Å²) in [7, 11) is 0. The van der Waals surface area contributed by atoms with Crippen LogP contribution in [0.5, 0.6) is 0 Å². The number of amides is 4. The van der Waals surface area contributed by atoms with E-state index in [1.165, 1.54) is 55.5 Å². The molecule has 0 bridgehead atoms. The first-order valence-electron chi connectivity index (χ1n) is 19.0. The number of thiazole rings is 2. The van der Waals surface area contributed by atoms with E-state index in [0.717, 1.165) is 0 Å². The third-order valence-corrected chi connectivity index (χ3v) is 13.1. The van der Waals surface area contributed by atoms with E-state index < -0.39 is 11.8 Å². The Bertz CT molecular complexity index is 2710. The highest BCUT2D eigenvalue weighted by Crippen LogP contribution is 2.26. The van der Waals surface area contributed by atoms with Gasteiger partial charge in [-0.2, -0.15) is 0 Å². The van der Waals surface area contributed by atoms with Gasteiger partial charge in [0.05, 0.1) is 24.2 Å². The van der Waals surface area contributed by atoms with Gasteiger partial charge in [0.2, 0.25) is 10.3 Å². The lowest BCUT2D eigenvalue weighted by Gasteiger charge is -2.12. The van der Waals surface area contributed by atoms with Gasteiger partial charge in [-0.25, -0.2) is 19.3 Å². The van der Waals surface area contributed by atoms with Crippen LogP contribution in [0, 0.1) is 0 Å². The Hall–Kier alpha value is -6.42. The van der Waals surface area contributed by atoms with Crippen LogP contribution in [0.25, 0.3) is 0 Å². The summed E-state index contributed by atoms with van der Waals surface area (Å²) in [5.74, 6) is 0.359. The van der Waals surface area contributed by atoms with Crippen LogP contribution in [0.3, 0.4) is 0 Å². The molecule has 0 spiro atoms. The summed E-state index contributed by atoms with van der Waals surface area (Å²) in [6.45, 7) is 0. The second-order valence-corrected chi connectivity index (χ2v) is 18.1. The third-order valence-electron chi connectivity index (χ3n) is 8.88. The first-order chi connectivity index (χ1) is 31.1. The van der Waals surface area contributed by atoms with Gasteiger partial charge in [0.25, 0.3) is 23.6 Å². The highest BCUT2D eigenvalue weighted by molar-refractivity contribution is 8.02. The molecule has 0 radical (unpaired) electrons. The Morgan fingerprint density at radius 1 is 0.500 bits per heavy atom. The van der Waals surface area contributed by atoms with Gasteiger partial charge in [0, 0.05) is 54.6 Å². The van der Waals surface area contributed by atoms with Crippen LogP contribution >= 0.6 is 69.4 Å². The summed E-state index contributed by atoms with van der Waals surface area (Å²) in [5, 5.41) is 29.5. The lowest BCUT2D eigenvalue weighted by atomic mass is 10.2. The van der Waals surface area contributed by atoms with E-state index in [9.17, 15) is 19.2 Å². The highest BCUT2D eigenvalue weighted by atomic mass is 35.5. The van der Waals surface area contributed by atoms with E-state index >= 15 is 0 Å². The van der Waals surface area contributed by atoms with Gasteiger partial charge in [-0.05, 0) is 72.8 Å². The number of hydrogen-bond acceptors (Lipinski definition) is 14. The summed E-state index contributed by atoms with van der Waals surface area (Å²) in [4.78, 5) is 61.5. The molecule has 16 nitrogen and oxygen atoms in total. The van der Waals surface area contributed by atoms with Crippen molar-refractivity contribution < 1.29 is 19.2 Å². The number of carbonyl (C=O) groups excluding carboxylic acids is 4. The lowest BCUT2D eigenvalue weighted by molar-refractivity contribution is 0.0997. The van der Waals surface area contributed by atoms with Crippen molar-refractivity contribution in [3.05, 3.63) is 175 Å². The molecule has 0 aliphatic carbocycles.